The van der Waals surface area contributed by atoms with Crippen LogP contribution in [0.15, 0.2) is 28.9 Å². The fourth-order valence-electron chi connectivity index (χ4n) is 3.62. The van der Waals surface area contributed by atoms with Crippen molar-refractivity contribution in [2.24, 2.45) is 5.92 Å². The maximum absolute atomic E-state index is 14.2. The van der Waals surface area contributed by atoms with Crippen molar-refractivity contribution in [1.29, 1.82) is 0 Å². The van der Waals surface area contributed by atoms with Crippen LogP contribution >= 0.6 is 0 Å². The van der Waals surface area contributed by atoms with Crippen molar-refractivity contribution in [3.8, 4) is 17.0 Å². The van der Waals surface area contributed by atoms with Crippen molar-refractivity contribution < 1.29 is 18.4 Å². The number of hydrogen-bond donors (Lipinski definition) is 2. The third kappa shape index (κ3) is 3.57. The van der Waals surface area contributed by atoms with Gasteiger partial charge in [-0.05, 0) is 55.6 Å². The number of nitrogens with zero attached hydrogens (tertiary/aromatic N) is 3. The second kappa shape index (κ2) is 7.14. The third-order valence-corrected chi connectivity index (χ3v) is 5.39. The Kier molecular flexibility index (Phi) is 4.46. The van der Waals surface area contributed by atoms with E-state index < -0.39 is 12.3 Å². The summed E-state index contributed by atoms with van der Waals surface area (Å²) in [4.78, 5) is 12.0. The predicted molar refractivity (Wildman–Crippen MR) is 104 cm³/mol. The van der Waals surface area contributed by atoms with Crippen molar-refractivity contribution in [2.75, 3.05) is 18.4 Å². The molecule has 3 aromatic rings. The van der Waals surface area contributed by atoms with Gasteiger partial charge in [-0.1, -0.05) is 0 Å². The Balaban J connectivity index is 1.42. The van der Waals surface area contributed by atoms with Crippen molar-refractivity contribution in [3.63, 3.8) is 0 Å². The number of ether oxygens (including phenoxy) is 1. The number of nitrogens with one attached hydrogen (secondary N) is 2. The van der Waals surface area contributed by atoms with E-state index in [1.165, 1.54) is 0 Å². The van der Waals surface area contributed by atoms with E-state index in [1.54, 1.807) is 17.6 Å². The van der Waals surface area contributed by atoms with Crippen LogP contribution in [0, 0.1) is 12.8 Å². The molecule has 1 saturated heterocycles. The molecule has 0 unspecified atom stereocenters. The minimum atomic E-state index is -1.09. The second-order valence-electron chi connectivity index (χ2n) is 7.66. The fourth-order valence-corrected chi connectivity index (χ4v) is 3.62. The highest BCUT2D eigenvalue weighted by atomic mass is 19.1. The summed E-state index contributed by atoms with van der Waals surface area (Å²) in [7, 11) is 0. The summed E-state index contributed by atoms with van der Waals surface area (Å²) in [6.07, 6.45) is 2.60. The number of carbonyl (C=O) groups is 1. The third-order valence-electron chi connectivity index (χ3n) is 5.39. The largest absolute Gasteiger partial charge is 0.469 e. The zero-order valence-corrected chi connectivity index (χ0v) is 16.0. The number of fused-ring (bicyclic) bond motifs is 1. The van der Waals surface area contributed by atoms with Gasteiger partial charge in [0.1, 0.15) is 18.0 Å². The number of aryl methyl sites for hydroxylation is 1. The molecule has 5 rings (SSSR count). The minimum absolute atomic E-state index is 0.0157. The van der Waals surface area contributed by atoms with Crippen molar-refractivity contribution >= 4 is 17.2 Å². The number of pyridine rings is 1. The Morgan fingerprint density at radius 3 is 3.03 bits per heavy atom. The van der Waals surface area contributed by atoms with Crippen LogP contribution in [0.25, 0.3) is 16.6 Å². The summed E-state index contributed by atoms with van der Waals surface area (Å²) in [5.74, 6) is 1.54. The highest BCUT2D eigenvalue weighted by molar-refractivity contribution is 5.93. The number of anilines is 1. The van der Waals surface area contributed by atoms with Gasteiger partial charge in [-0.15, -0.1) is 0 Å². The molecule has 0 aromatic carbocycles. The lowest BCUT2D eigenvalue weighted by Gasteiger charge is -2.26. The van der Waals surface area contributed by atoms with Crippen molar-refractivity contribution in [2.45, 2.75) is 38.5 Å². The van der Waals surface area contributed by atoms with Gasteiger partial charge >= 0.3 is 0 Å². The molecule has 1 saturated carbocycles. The van der Waals surface area contributed by atoms with Crippen LogP contribution in [-0.2, 0) is 4.79 Å². The van der Waals surface area contributed by atoms with Gasteiger partial charge in [-0.25, -0.2) is 8.91 Å². The Hall–Kier alpha value is -2.94. The first-order chi connectivity index (χ1) is 14.1. The second-order valence-corrected chi connectivity index (χ2v) is 7.66. The number of alkyl halides is 1. The predicted octanol–water partition coefficient (Wildman–Crippen LogP) is 2.73. The summed E-state index contributed by atoms with van der Waals surface area (Å²) in [6.45, 7) is 2.77. The van der Waals surface area contributed by atoms with E-state index in [0.29, 0.717) is 36.0 Å². The molecule has 2 aliphatic rings. The molecule has 0 radical (unpaired) electrons. The quantitative estimate of drug-likeness (QED) is 0.685. The summed E-state index contributed by atoms with van der Waals surface area (Å²) >= 11 is 0. The number of rotatable bonds is 5. The van der Waals surface area contributed by atoms with Crippen LogP contribution in [-0.4, -0.2) is 46.0 Å². The van der Waals surface area contributed by atoms with E-state index in [2.05, 4.69) is 20.9 Å². The zero-order valence-electron chi connectivity index (χ0n) is 16.0. The monoisotopic (exact) mass is 399 g/mol. The molecule has 1 amide bonds. The molecule has 3 aromatic heterocycles. The van der Waals surface area contributed by atoms with Gasteiger partial charge in [0, 0.05) is 24.7 Å². The lowest BCUT2D eigenvalue weighted by Crippen LogP contribution is -2.44. The molecule has 1 aliphatic carbocycles. The maximum Gasteiger partial charge on any atom is 0.262 e. The van der Waals surface area contributed by atoms with E-state index in [4.69, 9.17) is 9.26 Å². The van der Waals surface area contributed by atoms with Gasteiger partial charge in [0.05, 0.1) is 11.1 Å². The Morgan fingerprint density at radius 1 is 1.38 bits per heavy atom. The van der Waals surface area contributed by atoms with Gasteiger partial charge in [-0.3, -0.25) is 4.79 Å². The molecule has 0 bridgehead atoms. The molecule has 2 fully saturated rings. The molecule has 152 valence electrons. The van der Waals surface area contributed by atoms with Crippen molar-refractivity contribution in [3.05, 3.63) is 30.2 Å². The van der Waals surface area contributed by atoms with Crippen LogP contribution in [0.2, 0.25) is 0 Å². The average molecular weight is 399 g/mol. The SMILES string of the molecule is Cc1onc(O[C@@H]2CCNC[C@@H]2F)c1-c1ccn2nc(NC(=O)C3CC3)cc2c1. The lowest BCUT2D eigenvalue weighted by molar-refractivity contribution is -0.117. The zero-order chi connectivity index (χ0) is 20.0. The number of piperidine rings is 1. The van der Waals surface area contributed by atoms with Gasteiger partial charge in [0.25, 0.3) is 5.88 Å². The van der Waals surface area contributed by atoms with E-state index in [-0.39, 0.29) is 18.4 Å². The Labute approximate surface area is 166 Å². The minimum Gasteiger partial charge on any atom is -0.469 e. The number of aromatic nitrogens is 3. The molecule has 4 heterocycles. The summed E-state index contributed by atoms with van der Waals surface area (Å²) in [5, 5.41) is 14.3. The first kappa shape index (κ1) is 18.1. The maximum atomic E-state index is 14.2. The topological polar surface area (TPSA) is 93.7 Å². The summed E-state index contributed by atoms with van der Waals surface area (Å²) < 4.78 is 27.1. The first-order valence-electron chi connectivity index (χ1n) is 9.87. The molecule has 8 nitrogen and oxygen atoms in total. The van der Waals surface area contributed by atoms with E-state index in [1.807, 2.05) is 18.2 Å². The highest BCUT2D eigenvalue weighted by Gasteiger charge is 2.30. The molecule has 2 N–H and O–H groups in total. The first-order valence-corrected chi connectivity index (χ1v) is 9.87. The van der Waals surface area contributed by atoms with Gasteiger partial charge in [-0.2, -0.15) is 5.10 Å². The summed E-state index contributed by atoms with van der Waals surface area (Å²) in [6, 6.07) is 5.60. The summed E-state index contributed by atoms with van der Waals surface area (Å²) in [5.41, 5.74) is 2.34. The van der Waals surface area contributed by atoms with Crippen LogP contribution in [0.1, 0.15) is 25.0 Å². The molecule has 1 aliphatic heterocycles. The molecule has 29 heavy (non-hydrogen) atoms. The number of carbonyl (C=O) groups excluding carboxylic acids is 1. The van der Waals surface area contributed by atoms with Crippen LogP contribution in [0.4, 0.5) is 10.2 Å². The highest BCUT2D eigenvalue weighted by Crippen LogP contribution is 2.35. The van der Waals surface area contributed by atoms with Gasteiger partial charge in [0.2, 0.25) is 5.91 Å². The van der Waals surface area contributed by atoms with Gasteiger partial charge < -0.3 is 19.9 Å². The number of halogens is 1. The average Bonchev–Trinajstić information content (AvgIpc) is 3.39. The van der Waals surface area contributed by atoms with Crippen LogP contribution < -0.4 is 15.4 Å². The molecule has 2 atom stereocenters. The van der Waals surface area contributed by atoms with Gasteiger partial charge in [0.15, 0.2) is 5.82 Å². The van der Waals surface area contributed by atoms with E-state index >= 15 is 0 Å². The normalized spacial score (nSPS) is 22.0. The number of hydrogen-bond acceptors (Lipinski definition) is 6. The standard InChI is InChI=1S/C20H22FN5O3/c1-11-18(20(25-29-11)28-16-4-6-22-10-15(16)21)13-5-7-26-14(8-13)9-17(24-26)23-19(27)12-2-3-12/h5,7-9,12,15-16,22H,2-4,6,10H2,1H3,(H,23,24,27)/t15-,16+/m0/s1. The molecule has 0 spiro atoms. The lowest BCUT2D eigenvalue weighted by atomic mass is 10.1. The fraction of sp³-hybridized carbons (Fsp3) is 0.450. The van der Waals surface area contributed by atoms with Crippen molar-refractivity contribution in [1.82, 2.24) is 20.1 Å². The molecule has 9 heteroatoms. The Morgan fingerprint density at radius 2 is 2.24 bits per heavy atom. The smallest absolute Gasteiger partial charge is 0.262 e. The molecular formula is C20H22FN5O3. The number of amides is 1. The van der Waals surface area contributed by atoms with Crippen LogP contribution in [0.3, 0.4) is 0 Å². The van der Waals surface area contributed by atoms with Crippen LogP contribution in [0.5, 0.6) is 5.88 Å². The van der Waals surface area contributed by atoms with E-state index in [9.17, 15) is 9.18 Å². The van der Waals surface area contributed by atoms with E-state index in [0.717, 1.165) is 23.9 Å². The Bertz CT molecular complexity index is 1060. The molecular weight excluding hydrogens is 377 g/mol.